The summed E-state index contributed by atoms with van der Waals surface area (Å²) >= 11 is 0. The summed E-state index contributed by atoms with van der Waals surface area (Å²) in [5, 5.41) is 6.24. The first kappa shape index (κ1) is 17.9. The van der Waals surface area contributed by atoms with Gasteiger partial charge in [-0.1, -0.05) is 25.1 Å². The van der Waals surface area contributed by atoms with Crippen molar-refractivity contribution in [3.63, 3.8) is 0 Å². The topological polar surface area (TPSA) is 63.2 Å². The lowest BCUT2D eigenvalue weighted by Gasteiger charge is -2.14. The quantitative estimate of drug-likeness (QED) is 0.729. The zero-order valence-electron chi connectivity index (χ0n) is 14.6. The average molecular weight is 327 g/mol. The number of aromatic nitrogens is 1. The highest BCUT2D eigenvalue weighted by Crippen LogP contribution is 2.24. The van der Waals surface area contributed by atoms with Crippen molar-refractivity contribution < 1.29 is 9.53 Å². The van der Waals surface area contributed by atoms with Crippen molar-refractivity contribution in [1.29, 1.82) is 0 Å². The van der Waals surface area contributed by atoms with Crippen molar-refractivity contribution in [1.82, 2.24) is 10.3 Å². The van der Waals surface area contributed by atoms with Gasteiger partial charge in [0.2, 0.25) is 0 Å². The fraction of sp³-hybridized carbons (Fsp3) is 0.368. The molecule has 0 atom stereocenters. The van der Waals surface area contributed by atoms with Crippen LogP contribution in [0, 0.1) is 6.92 Å². The lowest BCUT2D eigenvalue weighted by molar-refractivity contribution is 0.0948. The van der Waals surface area contributed by atoms with Crippen LogP contribution < -0.4 is 10.6 Å². The normalized spacial score (nSPS) is 10.5. The van der Waals surface area contributed by atoms with Crippen molar-refractivity contribution in [3.8, 4) is 0 Å². The maximum absolute atomic E-state index is 12.2. The number of carbonyl (C=O) groups excluding carboxylic acids is 1. The van der Waals surface area contributed by atoms with E-state index >= 15 is 0 Å². The number of rotatable bonds is 8. The van der Waals surface area contributed by atoms with E-state index in [1.807, 2.05) is 0 Å². The standard InChI is InChI=1S/C19H25N3O2/c1-4-15-8-5-7-14(2)18(15)22-17-13-16(9-11-20-17)19(23)21-10-6-12-24-3/h5,7-9,11,13H,4,6,10,12H2,1-3H3,(H,20,22)(H,21,23). The molecule has 1 heterocycles. The third-order valence-electron chi connectivity index (χ3n) is 3.83. The van der Waals surface area contributed by atoms with Crippen LogP contribution in [-0.4, -0.2) is 31.2 Å². The minimum absolute atomic E-state index is 0.1000. The maximum Gasteiger partial charge on any atom is 0.251 e. The lowest BCUT2D eigenvalue weighted by atomic mass is 10.1. The van der Waals surface area contributed by atoms with Gasteiger partial charge in [-0.2, -0.15) is 0 Å². The highest BCUT2D eigenvalue weighted by molar-refractivity contribution is 5.94. The number of ether oxygens (including phenoxy) is 1. The van der Waals surface area contributed by atoms with Gasteiger partial charge in [-0.05, 0) is 43.0 Å². The van der Waals surface area contributed by atoms with Crippen LogP contribution in [0.1, 0.15) is 34.8 Å². The molecule has 0 bridgehead atoms. The molecular weight excluding hydrogens is 302 g/mol. The first-order chi connectivity index (χ1) is 11.7. The minimum atomic E-state index is -0.1000. The summed E-state index contributed by atoms with van der Waals surface area (Å²) in [6.07, 6.45) is 3.38. The molecule has 0 unspecified atom stereocenters. The molecule has 0 saturated heterocycles. The van der Waals surface area contributed by atoms with Crippen LogP contribution in [-0.2, 0) is 11.2 Å². The van der Waals surface area contributed by atoms with E-state index in [0.717, 1.165) is 24.1 Å². The number of hydrogen-bond donors (Lipinski definition) is 2. The highest BCUT2D eigenvalue weighted by atomic mass is 16.5. The van der Waals surface area contributed by atoms with Gasteiger partial charge in [0.05, 0.1) is 0 Å². The smallest absolute Gasteiger partial charge is 0.251 e. The lowest BCUT2D eigenvalue weighted by Crippen LogP contribution is -2.25. The van der Waals surface area contributed by atoms with Crippen molar-refractivity contribution in [2.24, 2.45) is 0 Å². The fourth-order valence-corrected chi connectivity index (χ4v) is 2.49. The molecule has 1 aromatic carbocycles. The van der Waals surface area contributed by atoms with Gasteiger partial charge in [0.25, 0.3) is 5.91 Å². The van der Waals surface area contributed by atoms with Gasteiger partial charge in [-0.15, -0.1) is 0 Å². The van der Waals surface area contributed by atoms with Crippen LogP contribution in [0.3, 0.4) is 0 Å². The van der Waals surface area contributed by atoms with Gasteiger partial charge in [0.15, 0.2) is 0 Å². The number of para-hydroxylation sites is 1. The molecule has 5 heteroatoms. The third-order valence-corrected chi connectivity index (χ3v) is 3.83. The van der Waals surface area contributed by atoms with E-state index in [9.17, 15) is 4.79 Å². The number of nitrogens with one attached hydrogen (secondary N) is 2. The van der Waals surface area contributed by atoms with Gasteiger partial charge in [0.1, 0.15) is 5.82 Å². The Morgan fingerprint density at radius 3 is 2.88 bits per heavy atom. The van der Waals surface area contributed by atoms with Gasteiger partial charge in [0, 0.05) is 37.7 Å². The SMILES string of the molecule is CCc1cccc(C)c1Nc1cc(C(=O)NCCCOC)ccn1. The van der Waals surface area contributed by atoms with E-state index in [4.69, 9.17) is 4.74 Å². The summed E-state index contributed by atoms with van der Waals surface area (Å²) in [6, 6.07) is 9.71. The Morgan fingerprint density at radius 1 is 1.29 bits per heavy atom. The van der Waals surface area contributed by atoms with E-state index in [1.165, 1.54) is 5.56 Å². The summed E-state index contributed by atoms with van der Waals surface area (Å²) in [5.41, 5.74) is 4.04. The van der Waals surface area contributed by atoms with Crippen LogP contribution in [0.15, 0.2) is 36.5 Å². The maximum atomic E-state index is 12.2. The fourth-order valence-electron chi connectivity index (χ4n) is 2.49. The zero-order chi connectivity index (χ0) is 17.4. The summed E-state index contributed by atoms with van der Waals surface area (Å²) < 4.78 is 4.98. The Bertz CT molecular complexity index is 686. The molecule has 2 rings (SSSR count). The summed E-state index contributed by atoms with van der Waals surface area (Å²) in [4.78, 5) is 16.5. The van der Waals surface area contributed by atoms with E-state index < -0.39 is 0 Å². The molecule has 0 spiro atoms. The van der Waals surface area contributed by atoms with Crippen LogP contribution in [0.4, 0.5) is 11.5 Å². The second-order valence-electron chi connectivity index (χ2n) is 5.62. The van der Waals surface area contributed by atoms with E-state index in [2.05, 4.69) is 47.7 Å². The second-order valence-corrected chi connectivity index (χ2v) is 5.62. The predicted molar refractivity (Wildman–Crippen MR) is 96.9 cm³/mol. The average Bonchev–Trinajstić information content (AvgIpc) is 2.60. The third kappa shape index (κ3) is 4.80. The number of aryl methyl sites for hydroxylation is 2. The van der Waals surface area contributed by atoms with Crippen molar-refractivity contribution >= 4 is 17.4 Å². The van der Waals surface area contributed by atoms with Gasteiger partial charge in [-0.3, -0.25) is 4.79 Å². The zero-order valence-corrected chi connectivity index (χ0v) is 14.6. The molecule has 0 aliphatic heterocycles. The van der Waals surface area contributed by atoms with Crippen molar-refractivity contribution in [2.45, 2.75) is 26.7 Å². The van der Waals surface area contributed by atoms with Crippen LogP contribution >= 0.6 is 0 Å². The minimum Gasteiger partial charge on any atom is -0.385 e. The Morgan fingerprint density at radius 2 is 2.12 bits per heavy atom. The Hall–Kier alpha value is -2.40. The molecule has 5 nitrogen and oxygen atoms in total. The largest absolute Gasteiger partial charge is 0.385 e. The van der Waals surface area contributed by atoms with Gasteiger partial charge < -0.3 is 15.4 Å². The number of carbonyl (C=O) groups is 1. The molecular formula is C19H25N3O2. The second kappa shape index (κ2) is 9.03. The number of hydrogen-bond acceptors (Lipinski definition) is 4. The molecule has 1 aromatic heterocycles. The number of nitrogens with zero attached hydrogens (tertiary/aromatic N) is 1. The van der Waals surface area contributed by atoms with Crippen LogP contribution in [0.2, 0.25) is 0 Å². The van der Waals surface area contributed by atoms with E-state index in [0.29, 0.717) is 24.5 Å². The molecule has 2 aromatic rings. The number of anilines is 2. The Labute approximate surface area is 143 Å². The summed E-state index contributed by atoms with van der Waals surface area (Å²) in [6.45, 7) is 5.41. The van der Waals surface area contributed by atoms with Gasteiger partial charge >= 0.3 is 0 Å². The van der Waals surface area contributed by atoms with E-state index in [1.54, 1.807) is 25.4 Å². The van der Waals surface area contributed by atoms with Crippen molar-refractivity contribution in [2.75, 3.05) is 25.6 Å². The Balaban J connectivity index is 2.09. The molecule has 1 amide bonds. The number of benzene rings is 1. The molecule has 0 aliphatic carbocycles. The first-order valence-corrected chi connectivity index (χ1v) is 8.24. The molecule has 0 radical (unpaired) electrons. The number of amides is 1. The monoisotopic (exact) mass is 327 g/mol. The number of pyridine rings is 1. The number of methoxy groups -OCH3 is 1. The predicted octanol–water partition coefficient (Wildman–Crippen LogP) is 3.46. The van der Waals surface area contributed by atoms with E-state index in [-0.39, 0.29) is 5.91 Å². The summed E-state index contributed by atoms with van der Waals surface area (Å²) in [5.74, 6) is 0.570. The van der Waals surface area contributed by atoms with Gasteiger partial charge in [-0.25, -0.2) is 4.98 Å². The molecule has 0 saturated carbocycles. The van der Waals surface area contributed by atoms with Crippen molar-refractivity contribution in [3.05, 3.63) is 53.2 Å². The summed E-state index contributed by atoms with van der Waals surface area (Å²) in [7, 11) is 1.65. The molecule has 0 fully saturated rings. The first-order valence-electron chi connectivity index (χ1n) is 8.24. The molecule has 128 valence electrons. The van der Waals surface area contributed by atoms with Crippen LogP contribution in [0.25, 0.3) is 0 Å². The Kier molecular flexibility index (Phi) is 6.75. The molecule has 0 aliphatic rings. The molecule has 24 heavy (non-hydrogen) atoms. The van der Waals surface area contributed by atoms with Crippen LogP contribution in [0.5, 0.6) is 0 Å². The highest BCUT2D eigenvalue weighted by Gasteiger charge is 2.09. The molecule has 2 N–H and O–H groups in total.